The predicted molar refractivity (Wildman–Crippen MR) is 77.0 cm³/mol. The number of nitrogens with one attached hydrogen (secondary N) is 1. The van der Waals surface area contributed by atoms with Crippen LogP contribution in [0.5, 0.6) is 5.75 Å². The summed E-state index contributed by atoms with van der Waals surface area (Å²) in [7, 11) is 0. The third kappa shape index (κ3) is 5.75. The summed E-state index contributed by atoms with van der Waals surface area (Å²) in [6.07, 6.45) is 2.52. The molecular weight excluding hydrogens is 302 g/mol. The summed E-state index contributed by atoms with van der Waals surface area (Å²) < 4.78 is 6.76. The van der Waals surface area contributed by atoms with Gasteiger partial charge >= 0.3 is 0 Å². The third-order valence-corrected chi connectivity index (χ3v) is 3.17. The average Bonchev–Trinajstić information content (AvgIpc) is 2.29. The van der Waals surface area contributed by atoms with Crippen LogP contribution in [-0.2, 0) is 0 Å². The highest BCUT2D eigenvalue weighted by molar-refractivity contribution is 9.10. The lowest BCUT2D eigenvalue weighted by molar-refractivity contribution is 0.217. The van der Waals surface area contributed by atoms with Gasteiger partial charge in [0.15, 0.2) is 0 Å². The zero-order valence-electron chi connectivity index (χ0n) is 10.3. The Bertz CT molecular complexity index is 346. The molecule has 17 heavy (non-hydrogen) atoms. The number of unbranched alkanes of at least 4 members (excludes halogenated alkanes) is 1. The molecule has 0 aromatic heterocycles. The number of hydrogen-bond acceptors (Lipinski definition) is 2. The fourth-order valence-corrected chi connectivity index (χ4v) is 1.94. The van der Waals surface area contributed by atoms with Crippen molar-refractivity contribution in [1.29, 1.82) is 0 Å². The summed E-state index contributed by atoms with van der Waals surface area (Å²) in [6.45, 7) is 6.10. The number of hydrogen-bond donors (Lipinski definition) is 1. The van der Waals surface area contributed by atoms with Crippen LogP contribution in [0.2, 0.25) is 5.02 Å². The predicted octanol–water partition coefficient (Wildman–Crippen LogP) is 4.26. The molecule has 1 aromatic rings. The highest BCUT2D eigenvalue weighted by Gasteiger charge is 2.07. The SMILES string of the molecule is CCCCNCC(C)Oc1cc(Br)ccc1Cl. The van der Waals surface area contributed by atoms with E-state index in [4.69, 9.17) is 16.3 Å². The second kappa shape index (κ2) is 7.96. The van der Waals surface area contributed by atoms with E-state index in [0.29, 0.717) is 5.02 Å². The van der Waals surface area contributed by atoms with Crippen LogP contribution in [0.4, 0.5) is 0 Å². The van der Waals surface area contributed by atoms with Gasteiger partial charge in [0.1, 0.15) is 11.9 Å². The molecule has 4 heteroatoms. The van der Waals surface area contributed by atoms with Crippen molar-refractivity contribution in [2.24, 2.45) is 0 Å². The van der Waals surface area contributed by atoms with E-state index in [2.05, 4.69) is 28.2 Å². The van der Waals surface area contributed by atoms with Crippen molar-refractivity contribution in [3.63, 3.8) is 0 Å². The van der Waals surface area contributed by atoms with E-state index in [0.717, 1.165) is 23.3 Å². The monoisotopic (exact) mass is 319 g/mol. The Morgan fingerprint density at radius 1 is 1.47 bits per heavy atom. The first kappa shape index (κ1) is 14.8. The summed E-state index contributed by atoms with van der Waals surface area (Å²) in [5.41, 5.74) is 0. The molecule has 0 spiro atoms. The van der Waals surface area contributed by atoms with Gasteiger partial charge in [-0.2, -0.15) is 0 Å². The molecule has 1 aromatic carbocycles. The Morgan fingerprint density at radius 3 is 2.94 bits per heavy atom. The van der Waals surface area contributed by atoms with E-state index < -0.39 is 0 Å². The Kier molecular flexibility index (Phi) is 6.93. The maximum absolute atomic E-state index is 6.06. The molecule has 2 nitrogen and oxygen atoms in total. The van der Waals surface area contributed by atoms with Gasteiger partial charge in [-0.3, -0.25) is 0 Å². The van der Waals surface area contributed by atoms with Crippen LogP contribution in [0.1, 0.15) is 26.7 Å². The van der Waals surface area contributed by atoms with E-state index in [9.17, 15) is 0 Å². The Morgan fingerprint density at radius 2 is 2.24 bits per heavy atom. The Balaban J connectivity index is 2.39. The molecule has 0 aliphatic heterocycles. The van der Waals surface area contributed by atoms with Crippen LogP contribution >= 0.6 is 27.5 Å². The Labute approximate surface area is 117 Å². The van der Waals surface area contributed by atoms with Crippen molar-refractivity contribution < 1.29 is 4.74 Å². The molecule has 0 amide bonds. The first-order valence-electron chi connectivity index (χ1n) is 5.96. The largest absolute Gasteiger partial charge is 0.488 e. The van der Waals surface area contributed by atoms with Gasteiger partial charge in [-0.1, -0.05) is 40.9 Å². The Hall–Kier alpha value is -0.250. The second-order valence-electron chi connectivity index (χ2n) is 4.06. The molecule has 0 radical (unpaired) electrons. The standard InChI is InChI=1S/C13H19BrClNO/c1-3-4-7-16-9-10(2)17-13-8-11(14)5-6-12(13)15/h5-6,8,10,16H,3-4,7,9H2,1-2H3. The van der Waals surface area contributed by atoms with Gasteiger partial charge in [0, 0.05) is 11.0 Å². The molecular formula is C13H19BrClNO. The van der Waals surface area contributed by atoms with E-state index in [-0.39, 0.29) is 6.10 Å². The van der Waals surface area contributed by atoms with E-state index in [1.807, 2.05) is 25.1 Å². The number of rotatable bonds is 7. The van der Waals surface area contributed by atoms with Crippen molar-refractivity contribution >= 4 is 27.5 Å². The molecule has 1 unspecified atom stereocenters. The topological polar surface area (TPSA) is 21.3 Å². The minimum absolute atomic E-state index is 0.110. The van der Waals surface area contributed by atoms with Gasteiger partial charge in [-0.15, -0.1) is 0 Å². The summed E-state index contributed by atoms with van der Waals surface area (Å²) in [4.78, 5) is 0. The minimum atomic E-state index is 0.110. The molecule has 1 atom stereocenters. The fourth-order valence-electron chi connectivity index (χ4n) is 1.43. The minimum Gasteiger partial charge on any atom is -0.488 e. The average molecular weight is 321 g/mol. The van der Waals surface area contributed by atoms with Gasteiger partial charge in [-0.05, 0) is 38.1 Å². The lowest BCUT2D eigenvalue weighted by Crippen LogP contribution is -2.29. The highest BCUT2D eigenvalue weighted by atomic mass is 79.9. The van der Waals surface area contributed by atoms with Crippen LogP contribution in [0.3, 0.4) is 0 Å². The normalized spacial score (nSPS) is 12.5. The lowest BCUT2D eigenvalue weighted by atomic mass is 10.3. The lowest BCUT2D eigenvalue weighted by Gasteiger charge is -2.16. The summed E-state index contributed by atoms with van der Waals surface area (Å²) in [6, 6.07) is 5.63. The quantitative estimate of drug-likeness (QED) is 0.758. The van der Waals surface area contributed by atoms with Crippen LogP contribution < -0.4 is 10.1 Å². The second-order valence-corrected chi connectivity index (χ2v) is 5.38. The van der Waals surface area contributed by atoms with Crippen LogP contribution in [-0.4, -0.2) is 19.2 Å². The zero-order chi connectivity index (χ0) is 12.7. The summed E-state index contributed by atoms with van der Waals surface area (Å²) in [5, 5.41) is 4.01. The third-order valence-electron chi connectivity index (χ3n) is 2.36. The highest BCUT2D eigenvalue weighted by Crippen LogP contribution is 2.28. The molecule has 0 bridgehead atoms. The maximum atomic E-state index is 6.06. The molecule has 0 aliphatic rings. The van der Waals surface area contributed by atoms with Gasteiger partial charge in [0.05, 0.1) is 5.02 Å². The number of benzene rings is 1. The first-order chi connectivity index (χ1) is 8.13. The van der Waals surface area contributed by atoms with Crippen molar-refractivity contribution in [3.8, 4) is 5.75 Å². The van der Waals surface area contributed by atoms with Gasteiger partial charge in [-0.25, -0.2) is 0 Å². The van der Waals surface area contributed by atoms with Gasteiger partial charge in [0.25, 0.3) is 0 Å². The van der Waals surface area contributed by atoms with Crippen molar-refractivity contribution in [2.45, 2.75) is 32.8 Å². The molecule has 0 fully saturated rings. The molecule has 0 aliphatic carbocycles. The molecule has 0 saturated heterocycles. The summed E-state index contributed by atoms with van der Waals surface area (Å²) in [5.74, 6) is 0.728. The smallest absolute Gasteiger partial charge is 0.139 e. The van der Waals surface area contributed by atoms with Gasteiger partial charge in [0.2, 0.25) is 0 Å². The van der Waals surface area contributed by atoms with Crippen molar-refractivity contribution in [3.05, 3.63) is 27.7 Å². The molecule has 1 rings (SSSR count). The van der Waals surface area contributed by atoms with Gasteiger partial charge < -0.3 is 10.1 Å². The van der Waals surface area contributed by atoms with Crippen LogP contribution in [0.25, 0.3) is 0 Å². The summed E-state index contributed by atoms with van der Waals surface area (Å²) >= 11 is 9.46. The van der Waals surface area contributed by atoms with E-state index in [1.165, 1.54) is 12.8 Å². The maximum Gasteiger partial charge on any atom is 0.139 e. The van der Waals surface area contributed by atoms with Crippen LogP contribution in [0.15, 0.2) is 22.7 Å². The van der Waals surface area contributed by atoms with Crippen molar-refractivity contribution in [2.75, 3.05) is 13.1 Å². The fraction of sp³-hybridized carbons (Fsp3) is 0.538. The number of ether oxygens (including phenoxy) is 1. The molecule has 1 N–H and O–H groups in total. The molecule has 96 valence electrons. The number of halogens is 2. The van der Waals surface area contributed by atoms with E-state index in [1.54, 1.807) is 0 Å². The van der Waals surface area contributed by atoms with Crippen molar-refractivity contribution in [1.82, 2.24) is 5.32 Å². The van der Waals surface area contributed by atoms with Crippen LogP contribution in [0, 0.1) is 0 Å². The zero-order valence-corrected chi connectivity index (χ0v) is 12.6. The molecule has 0 saturated carbocycles. The molecule has 0 heterocycles. The van der Waals surface area contributed by atoms with E-state index >= 15 is 0 Å². The first-order valence-corrected chi connectivity index (χ1v) is 7.13.